The van der Waals surface area contributed by atoms with E-state index in [1.54, 1.807) is 6.07 Å². The Balaban J connectivity index is 1.86. The van der Waals surface area contributed by atoms with Crippen LogP contribution in [0.2, 0.25) is 0 Å². The summed E-state index contributed by atoms with van der Waals surface area (Å²) in [7, 11) is 0. The molecule has 0 saturated carbocycles. The van der Waals surface area contributed by atoms with Gasteiger partial charge in [-0.15, -0.1) is 0 Å². The molecule has 1 N–H and O–H groups in total. The fraction of sp³-hybridized carbons (Fsp3) is 0.350. The van der Waals surface area contributed by atoms with Gasteiger partial charge in [-0.25, -0.2) is 0 Å². The molecule has 0 fully saturated rings. The summed E-state index contributed by atoms with van der Waals surface area (Å²) in [5, 5.41) is 2.91. The lowest BCUT2D eigenvalue weighted by atomic mass is 10.2. The van der Waals surface area contributed by atoms with Crippen molar-refractivity contribution in [2.45, 2.75) is 39.0 Å². The SMILES string of the molecule is CCCCCCCOc1cccc(NC(=O)c2ccccc2Br)c1. The lowest BCUT2D eigenvalue weighted by molar-refractivity contribution is 0.102. The van der Waals surface area contributed by atoms with E-state index in [9.17, 15) is 4.79 Å². The zero-order valence-electron chi connectivity index (χ0n) is 14.1. The Hall–Kier alpha value is -1.81. The van der Waals surface area contributed by atoms with Crippen LogP contribution in [0.1, 0.15) is 49.4 Å². The number of nitrogens with one attached hydrogen (secondary N) is 1. The molecule has 0 spiro atoms. The normalized spacial score (nSPS) is 10.4. The van der Waals surface area contributed by atoms with Crippen LogP contribution in [0.4, 0.5) is 5.69 Å². The van der Waals surface area contributed by atoms with Crippen molar-refractivity contribution in [1.29, 1.82) is 0 Å². The number of unbranched alkanes of at least 4 members (excludes halogenated alkanes) is 4. The largest absolute Gasteiger partial charge is 0.494 e. The van der Waals surface area contributed by atoms with Gasteiger partial charge in [0.15, 0.2) is 0 Å². The van der Waals surface area contributed by atoms with Gasteiger partial charge in [0, 0.05) is 16.2 Å². The fourth-order valence-corrected chi connectivity index (χ4v) is 2.87. The van der Waals surface area contributed by atoms with Gasteiger partial charge in [-0.05, 0) is 46.6 Å². The summed E-state index contributed by atoms with van der Waals surface area (Å²) >= 11 is 3.40. The van der Waals surface area contributed by atoms with E-state index in [2.05, 4.69) is 28.2 Å². The number of anilines is 1. The smallest absolute Gasteiger partial charge is 0.256 e. The number of ether oxygens (including phenoxy) is 1. The molecule has 2 aromatic rings. The Bertz CT molecular complexity index is 658. The van der Waals surface area contributed by atoms with Gasteiger partial charge >= 0.3 is 0 Å². The van der Waals surface area contributed by atoms with Crippen molar-refractivity contribution < 1.29 is 9.53 Å². The molecule has 128 valence electrons. The summed E-state index contributed by atoms with van der Waals surface area (Å²) in [6.07, 6.45) is 6.07. The molecule has 0 radical (unpaired) electrons. The predicted molar refractivity (Wildman–Crippen MR) is 103 cm³/mol. The second-order valence-electron chi connectivity index (χ2n) is 5.72. The van der Waals surface area contributed by atoms with Crippen molar-refractivity contribution in [1.82, 2.24) is 0 Å². The lowest BCUT2D eigenvalue weighted by Crippen LogP contribution is -2.12. The van der Waals surface area contributed by atoms with Gasteiger partial charge in [0.25, 0.3) is 5.91 Å². The summed E-state index contributed by atoms with van der Waals surface area (Å²) in [4.78, 5) is 12.3. The van der Waals surface area contributed by atoms with Crippen LogP contribution in [-0.2, 0) is 0 Å². The van der Waals surface area contributed by atoms with Crippen LogP contribution in [-0.4, -0.2) is 12.5 Å². The number of rotatable bonds is 9. The van der Waals surface area contributed by atoms with Crippen molar-refractivity contribution in [2.24, 2.45) is 0 Å². The minimum absolute atomic E-state index is 0.140. The summed E-state index contributed by atoms with van der Waals surface area (Å²) in [5.41, 5.74) is 1.35. The molecular formula is C20H24BrNO2. The van der Waals surface area contributed by atoms with Crippen LogP contribution >= 0.6 is 15.9 Å². The molecule has 2 rings (SSSR count). The van der Waals surface area contributed by atoms with Gasteiger partial charge in [0.1, 0.15) is 5.75 Å². The number of hydrogen-bond acceptors (Lipinski definition) is 2. The van der Waals surface area contributed by atoms with Crippen molar-refractivity contribution in [3.05, 3.63) is 58.6 Å². The minimum Gasteiger partial charge on any atom is -0.494 e. The minimum atomic E-state index is -0.140. The van der Waals surface area contributed by atoms with Crippen LogP contribution in [0.15, 0.2) is 53.0 Å². The van der Waals surface area contributed by atoms with Crippen molar-refractivity contribution in [3.8, 4) is 5.75 Å². The third kappa shape index (κ3) is 6.00. The molecule has 0 aliphatic heterocycles. The summed E-state index contributed by atoms with van der Waals surface area (Å²) in [6, 6.07) is 14.9. The van der Waals surface area contributed by atoms with E-state index in [0.29, 0.717) is 12.2 Å². The average molecular weight is 390 g/mol. The maximum atomic E-state index is 12.3. The van der Waals surface area contributed by atoms with Crippen molar-refractivity contribution >= 4 is 27.5 Å². The Labute approximate surface area is 152 Å². The van der Waals surface area contributed by atoms with E-state index in [1.807, 2.05) is 42.5 Å². The Morgan fingerprint density at radius 3 is 2.62 bits per heavy atom. The highest BCUT2D eigenvalue weighted by Crippen LogP contribution is 2.21. The second kappa shape index (κ2) is 10.1. The molecule has 2 aromatic carbocycles. The standard InChI is InChI=1S/C20H24BrNO2/c1-2-3-4-5-8-14-24-17-11-9-10-16(15-17)22-20(23)18-12-6-7-13-19(18)21/h6-7,9-13,15H,2-5,8,14H2,1H3,(H,22,23). The van der Waals surface area contributed by atoms with Gasteiger partial charge < -0.3 is 10.1 Å². The van der Waals surface area contributed by atoms with Crippen LogP contribution in [0.5, 0.6) is 5.75 Å². The Kier molecular flexibility index (Phi) is 7.83. The number of benzene rings is 2. The van der Waals surface area contributed by atoms with Crippen molar-refractivity contribution in [2.75, 3.05) is 11.9 Å². The summed E-state index contributed by atoms with van der Waals surface area (Å²) in [5.74, 6) is 0.648. The highest BCUT2D eigenvalue weighted by atomic mass is 79.9. The first kappa shape index (κ1) is 18.5. The van der Waals surface area contributed by atoms with E-state index in [-0.39, 0.29) is 5.91 Å². The van der Waals surface area contributed by atoms with E-state index in [1.165, 1.54) is 25.7 Å². The highest BCUT2D eigenvalue weighted by Gasteiger charge is 2.09. The van der Waals surface area contributed by atoms with E-state index in [0.717, 1.165) is 22.3 Å². The second-order valence-corrected chi connectivity index (χ2v) is 6.58. The third-order valence-electron chi connectivity index (χ3n) is 3.73. The average Bonchev–Trinajstić information content (AvgIpc) is 2.58. The first-order valence-corrected chi connectivity index (χ1v) is 9.28. The molecule has 1 amide bonds. The Morgan fingerprint density at radius 1 is 1.04 bits per heavy atom. The first-order valence-electron chi connectivity index (χ1n) is 8.49. The molecule has 0 saturated heterocycles. The van der Waals surface area contributed by atoms with E-state index < -0.39 is 0 Å². The fourth-order valence-electron chi connectivity index (χ4n) is 2.40. The van der Waals surface area contributed by atoms with Crippen LogP contribution in [0.25, 0.3) is 0 Å². The monoisotopic (exact) mass is 389 g/mol. The topological polar surface area (TPSA) is 38.3 Å². The number of amides is 1. The maximum Gasteiger partial charge on any atom is 0.256 e. The Morgan fingerprint density at radius 2 is 1.83 bits per heavy atom. The number of carbonyl (C=O) groups is 1. The highest BCUT2D eigenvalue weighted by molar-refractivity contribution is 9.10. The number of hydrogen-bond donors (Lipinski definition) is 1. The molecule has 24 heavy (non-hydrogen) atoms. The van der Waals surface area contributed by atoms with Gasteiger partial charge in [-0.2, -0.15) is 0 Å². The third-order valence-corrected chi connectivity index (χ3v) is 4.42. The van der Waals surface area contributed by atoms with Crippen LogP contribution in [0.3, 0.4) is 0 Å². The van der Waals surface area contributed by atoms with Crippen LogP contribution in [0, 0.1) is 0 Å². The molecule has 4 heteroatoms. The number of carbonyl (C=O) groups excluding carboxylic acids is 1. The predicted octanol–water partition coefficient (Wildman–Crippen LogP) is 6.05. The molecule has 3 nitrogen and oxygen atoms in total. The zero-order chi connectivity index (χ0) is 17.2. The molecule has 0 heterocycles. The molecule has 0 unspecified atom stereocenters. The van der Waals surface area contributed by atoms with Crippen molar-refractivity contribution in [3.63, 3.8) is 0 Å². The zero-order valence-corrected chi connectivity index (χ0v) is 15.6. The summed E-state index contributed by atoms with van der Waals surface area (Å²) < 4.78 is 6.56. The van der Waals surface area contributed by atoms with Gasteiger partial charge in [0.05, 0.1) is 12.2 Å². The lowest BCUT2D eigenvalue weighted by Gasteiger charge is -2.10. The van der Waals surface area contributed by atoms with Gasteiger partial charge in [-0.3, -0.25) is 4.79 Å². The quantitative estimate of drug-likeness (QED) is 0.529. The van der Waals surface area contributed by atoms with E-state index >= 15 is 0 Å². The van der Waals surface area contributed by atoms with E-state index in [4.69, 9.17) is 4.74 Å². The first-order chi connectivity index (χ1) is 11.7. The van der Waals surface area contributed by atoms with Crippen LogP contribution < -0.4 is 10.1 Å². The maximum absolute atomic E-state index is 12.3. The van der Waals surface area contributed by atoms with Gasteiger partial charge in [0.2, 0.25) is 0 Å². The molecule has 0 aromatic heterocycles. The molecule has 0 bridgehead atoms. The molecule has 0 atom stereocenters. The molecule has 0 aliphatic rings. The molecular weight excluding hydrogens is 366 g/mol. The molecule has 0 aliphatic carbocycles. The number of halogens is 1. The van der Waals surface area contributed by atoms with Gasteiger partial charge in [-0.1, -0.05) is 50.8 Å². The summed E-state index contributed by atoms with van der Waals surface area (Å²) in [6.45, 7) is 2.93.